The first-order chi connectivity index (χ1) is 23.4. The Kier molecular flexibility index (Phi) is 10.4. The first kappa shape index (κ1) is 33.2. The minimum Gasteiger partial charge on any atom is -0.496 e. The largest absolute Gasteiger partial charge is 0.496 e. The molecule has 0 unspecified atom stereocenters. The lowest BCUT2D eigenvalue weighted by molar-refractivity contribution is -0.642. The second-order valence-electron chi connectivity index (χ2n) is 12.4. The van der Waals surface area contributed by atoms with Gasteiger partial charge in [-0.2, -0.15) is 4.57 Å². The van der Waals surface area contributed by atoms with Crippen LogP contribution in [0.1, 0.15) is 35.9 Å². The molecule has 6 rings (SSSR count). The molecule has 1 aliphatic rings. The van der Waals surface area contributed by atoms with Crippen molar-refractivity contribution in [3.8, 4) is 22.6 Å². The number of aryl methyl sites for hydroxylation is 1. The lowest BCUT2D eigenvalue weighted by atomic mass is 9.97. The summed E-state index contributed by atoms with van der Waals surface area (Å²) in [6.07, 6.45) is 10.7. The van der Waals surface area contributed by atoms with E-state index in [9.17, 15) is 0 Å². The number of hydrogen-bond donors (Lipinski definition) is 0. The molecule has 3 heterocycles. The fourth-order valence-corrected chi connectivity index (χ4v) is 7.64. The number of fused-ring (bicyclic) bond motifs is 2. The number of para-hydroxylation sites is 1. The number of thiazole rings is 1. The third kappa shape index (κ3) is 6.96. The molecule has 248 valence electrons. The molecular formula is C40H46N5O2S+. The molecule has 0 fully saturated rings. The second-order valence-corrected chi connectivity index (χ2v) is 13.5. The summed E-state index contributed by atoms with van der Waals surface area (Å²) in [5.74, 6) is 2.84. The van der Waals surface area contributed by atoms with Gasteiger partial charge in [-0.05, 0) is 98.7 Å². The number of benzene rings is 3. The maximum absolute atomic E-state index is 5.73. The van der Waals surface area contributed by atoms with Crippen LogP contribution in [0.3, 0.4) is 0 Å². The van der Waals surface area contributed by atoms with Crippen molar-refractivity contribution in [1.29, 1.82) is 0 Å². The van der Waals surface area contributed by atoms with Crippen LogP contribution in [-0.2, 0) is 13.6 Å². The first-order valence-corrected chi connectivity index (χ1v) is 17.5. The normalized spacial score (nSPS) is 13.6. The smallest absolute Gasteiger partial charge is 0.263 e. The van der Waals surface area contributed by atoms with E-state index < -0.39 is 0 Å². The number of hydrogen-bond acceptors (Lipinski definition) is 7. The van der Waals surface area contributed by atoms with Gasteiger partial charge in [0.25, 0.3) is 5.01 Å². The van der Waals surface area contributed by atoms with Crippen molar-refractivity contribution in [3.63, 3.8) is 0 Å². The van der Waals surface area contributed by atoms with E-state index in [1.807, 2.05) is 30.6 Å². The Labute approximate surface area is 289 Å². The first-order valence-electron chi connectivity index (χ1n) is 16.6. The van der Waals surface area contributed by atoms with Crippen LogP contribution in [0, 0.1) is 0 Å². The molecule has 0 aliphatic carbocycles. The Bertz CT molecular complexity index is 1910. The van der Waals surface area contributed by atoms with Gasteiger partial charge in [0.05, 0.1) is 25.5 Å². The maximum atomic E-state index is 5.73. The van der Waals surface area contributed by atoms with Crippen molar-refractivity contribution in [2.24, 2.45) is 7.05 Å². The summed E-state index contributed by atoms with van der Waals surface area (Å²) in [6.45, 7) is 6.08. The zero-order valence-electron chi connectivity index (χ0n) is 28.9. The topological polar surface area (TPSA) is 45.0 Å². The van der Waals surface area contributed by atoms with Gasteiger partial charge in [-0.25, -0.2) is 0 Å². The summed E-state index contributed by atoms with van der Waals surface area (Å²) in [5, 5.41) is 1.19. The molecular weight excluding hydrogens is 615 g/mol. The fraction of sp³-hybridized carbons (Fsp3) is 0.300. The molecule has 48 heavy (non-hydrogen) atoms. The Morgan fingerprint density at radius 2 is 1.65 bits per heavy atom. The molecule has 2 aromatic heterocycles. The summed E-state index contributed by atoms with van der Waals surface area (Å²) in [6, 6.07) is 25.6. The van der Waals surface area contributed by atoms with Gasteiger partial charge < -0.3 is 24.2 Å². The van der Waals surface area contributed by atoms with Gasteiger partial charge in [-0.3, -0.25) is 4.98 Å². The Morgan fingerprint density at radius 3 is 2.35 bits per heavy atom. The highest BCUT2D eigenvalue weighted by molar-refractivity contribution is 7.19. The predicted molar refractivity (Wildman–Crippen MR) is 199 cm³/mol. The molecule has 3 aromatic carbocycles. The van der Waals surface area contributed by atoms with Crippen LogP contribution in [-0.4, -0.2) is 62.7 Å². The number of ether oxygens (including phenoxy) is 2. The monoisotopic (exact) mass is 660 g/mol. The van der Waals surface area contributed by atoms with Crippen molar-refractivity contribution >= 4 is 38.9 Å². The number of rotatable bonds is 13. The summed E-state index contributed by atoms with van der Waals surface area (Å²) in [7, 11) is 9.87. The highest BCUT2D eigenvalue weighted by Gasteiger charge is 2.28. The standard InChI is InChI=1S/C40H46N5O2S/c1-7-22-44(24-11-23-42(2)3)38-26-31(32-12-8-9-13-33(32)45(38)28-29-18-20-41-21-19-29)27-39-43(4)34-17-16-30(25-37(34)48-39)40-35(46-5)14-10-15-36(40)47-6/h8-10,12-21,25-27H,7,11,22-24,28H2,1-6H3/q+1. The van der Waals surface area contributed by atoms with E-state index in [1.165, 1.54) is 43.4 Å². The molecule has 0 saturated heterocycles. The number of nitrogens with zero attached hydrogens (tertiary/aromatic N) is 5. The molecule has 0 radical (unpaired) electrons. The van der Waals surface area contributed by atoms with Crippen LogP contribution in [0.4, 0.5) is 5.69 Å². The van der Waals surface area contributed by atoms with Gasteiger partial charge >= 0.3 is 0 Å². The average Bonchev–Trinajstić information content (AvgIpc) is 3.42. The summed E-state index contributed by atoms with van der Waals surface area (Å²) >= 11 is 1.80. The predicted octanol–water partition coefficient (Wildman–Crippen LogP) is 7.87. The van der Waals surface area contributed by atoms with Crippen molar-refractivity contribution in [1.82, 2.24) is 14.8 Å². The molecule has 7 nitrogen and oxygen atoms in total. The van der Waals surface area contributed by atoms with Crippen LogP contribution < -0.4 is 18.9 Å². The Morgan fingerprint density at radius 1 is 0.896 bits per heavy atom. The summed E-state index contributed by atoms with van der Waals surface area (Å²) < 4.78 is 15.0. The number of allylic oxidation sites excluding steroid dienone is 2. The van der Waals surface area contributed by atoms with Crippen molar-refractivity contribution in [3.05, 3.63) is 113 Å². The van der Waals surface area contributed by atoms with Gasteiger partial charge in [0, 0.05) is 49.7 Å². The van der Waals surface area contributed by atoms with Gasteiger partial charge in [0.15, 0.2) is 0 Å². The van der Waals surface area contributed by atoms with E-state index >= 15 is 0 Å². The van der Waals surface area contributed by atoms with E-state index in [-0.39, 0.29) is 0 Å². The number of methoxy groups -OCH3 is 2. The zero-order chi connectivity index (χ0) is 33.6. The highest BCUT2D eigenvalue weighted by Crippen LogP contribution is 2.42. The minimum atomic E-state index is 0.776. The van der Waals surface area contributed by atoms with Gasteiger partial charge in [0.2, 0.25) is 5.52 Å². The van der Waals surface area contributed by atoms with Crippen LogP contribution in [0.25, 0.3) is 33.0 Å². The van der Waals surface area contributed by atoms with Crippen LogP contribution in [0.2, 0.25) is 0 Å². The molecule has 0 bridgehead atoms. The minimum absolute atomic E-state index is 0.776. The maximum Gasteiger partial charge on any atom is 0.263 e. The molecule has 1 aliphatic heterocycles. The van der Waals surface area contributed by atoms with Crippen molar-refractivity contribution in [2.75, 3.05) is 52.8 Å². The van der Waals surface area contributed by atoms with Crippen LogP contribution >= 0.6 is 11.3 Å². The summed E-state index contributed by atoms with van der Waals surface area (Å²) in [4.78, 5) is 11.6. The van der Waals surface area contributed by atoms with Crippen molar-refractivity contribution in [2.45, 2.75) is 26.3 Å². The van der Waals surface area contributed by atoms with Gasteiger partial charge in [-0.15, -0.1) is 0 Å². The number of pyridine rings is 1. The number of aromatic nitrogens is 2. The third-order valence-electron chi connectivity index (χ3n) is 8.87. The van der Waals surface area contributed by atoms with E-state index in [4.69, 9.17) is 9.47 Å². The average molecular weight is 661 g/mol. The van der Waals surface area contributed by atoms with Gasteiger partial charge in [-0.1, -0.05) is 42.5 Å². The molecule has 8 heteroatoms. The fourth-order valence-electron chi connectivity index (χ4n) is 6.50. The Balaban J connectivity index is 1.46. The lowest BCUT2D eigenvalue weighted by Gasteiger charge is -2.40. The van der Waals surface area contributed by atoms with Gasteiger partial charge in [0.1, 0.15) is 29.1 Å². The second kappa shape index (κ2) is 15.0. The Hall–Kier alpha value is -4.66. The molecule has 5 aromatic rings. The third-order valence-corrected chi connectivity index (χ3v) is 10.0. The molecule has 0 spiro atoms. The van der Waals surface area contributed by atoms with E-state index in [0.717, 1.165) is 61.6 Å². The van der Waals surface area contributed by atoms with Crippen molar-refractivity contribution < 1.29 is 14.0 Å². The highest BCUT2D eigenvalue weighted by atomic mass is 32.1. The molecule has 0 amide bonds. The molecule has 0 atom stereocenters. The molecule has 0 saturated carbocycles. The zero-order valence-corrected chi connectivity index (χ0v) is 29.8. The number of anilines is 1. The van der Waals surface area contributed by atoms with Crippen LogP contribution in [0.5, 0.6) is 11.5 Å². The van der Waals surface area contributed by atoms with E-state index in [1.54, 1.807) is 25.6 Å². The summed E-state index contributed by atoms with van der Waals surface area (Å²) in [5.41, 5.74) is 8.14. The quantitative estimate of drug-likeness (QED) is 0.120. The lowest BCUT2D eigenvalue weighted by Crippen LogP contribution is -2.39. The molecule has 0 N–H and O–H groups in total. The van der Waals surface area contributed by atoms with E-state index in [2.05, 4.69) is 119 Å². The van der Waals surface area contributed by atoms with Crippen LogP contribution in [0.15, 0.2) is 97.1 Å². The SMILES string of the molecule is CCCN(CCCN(C)C)C1=CC(=Cc2sc3cc(-c4c(OC)cccc4OC)ccc3[n+]2C)c2ccccc2N1Cc1ccncc1. The van der Waals surface area contributed by atoms with E-state index in [0.29, 0.717) is 0 Å².